The predicted octanol–water partition coefficient (Wildman–Crippen LogP) is 3.26. The Morgan fingerprint density at radius 1 is 1.35 bits per heavy atom. The molecule has 2 rings (SSSR count). The number of halogens is 2. The lowest BCUT2D eigenvalue weighted by atomic mass is 10.0. The number of anilines is 1. The van der Waals surface area contributed by atoms with Crippen molar-refractivity contribution in [3.63, 3.8) is 0 Å². The number of benzene rings is 1. The number of nitrogens with one attached hydrogen (secondary N) is 1. The van der Waals surface area contributed by atoms with Crippen molar-refractivity contribution in [3.05, 3.63) is 28.3 Å². The molecule has 1 aliphatic rings. The molecule has 1 heterocycles. The number of carboxylic acid groups (broad SMARTS) is 1. The second-order valence-electron chi connectivity index (χ2n) is 5.81. The van der Waals surface area contributed by atoms with Crippen molar-refractivity contribution in [2.45, 2.75) is 39.2 Å². The van der Waals surface area contributed by atoms with E-state index in [1.54, 1.807) is 11.0 Å². The minimum atomic E-state index is -0.864. The number of carboxylic acids is 1. The minimum Gasteiger partial charge on any atom is -0.480 e. The van der Waals surface area contributed by atoms with Crippen molar-refractivity contribution < 1.29 is 14.7 Å². The van der Waals surface area contributed by atoms with Crippen LogP contribution in [0, 0.1) is 13.8 Å². The Balaban J connectivity index is 0.00000264. The van der Waals surface area contributed by atoms with Crippen LogP contribution in [0.2, 0.25) is 5.02 Å². The van der Waals surface area contributed by atoms with Gasteiger partial charge in [-0.2, -0.15) is 0 Å². The maximum Gasteiger partial charge on any atom is 0.320 e. The van der Waals surface area contributed by atoms with Gasteiger partial charge in [0.1, 0.15) is 6.04 Å². The summed E-state index contributed by atoms with van der Waals surface area (Å²) in [5, 5.41) is 12.5. The zero-order chi connectivity index (χ0) is 16.3. The Labute approximate surface area is 147 Å². The van der Waals surface area contributed by atoms with Gasteiger partial charge in [-0.05, 0) is 50.4 Å². The van der Waals surface area contributed by atoms with Crippen molar-refractivity contribution in [2.24, 2.45) is 0 Å². The number of likely N-dealkylation sites (tertiary alicyclic amines) is 1. The molecule has 0 bridgehead atoms. The highest BCUT2D eigenvalue weighted by Gasteiger charge is 2.29. The van der Waals surface area contributed by atoms with Gasteiger partial charge in [0.15, 0.2) is 0 Å². The Bertz CT molecular complexity index is 570. The first-order valence-corrected chi connectivity index (χ1v) is 7.79. The maximum absolute atomic E-state index is 12.2. The first-order valence-electron chi connectivity index (χ1n) is 7.42. The van der Waals surface area contributed by atoms with Crippen LogP contribution in [0.5, 0.6) is 0 Å². The fourth-order valence-corrected chi connectivity index (χ4v) is 3.27. The molecular weight excluding hydrogens is 339 g/mol. The number of carbonyl (C=O) groups excluding carboxylic acids is 1. The highest BCUT2D eigenvalue weighted by atomic mass is 35.5. The van der Waals surface area contributed by atoms with Gasteiger partial charge in [0, 0.05) is 0 Å². The summed E-state index contributed by atoms with van der Waals surface area (Å²) in [7, 11) is 0. The number of carbonyl (C=O) groups is 2. The van der Waals surface area contributed by atoms with E-state index in [-0.39, 0.29) is 24.9 Å². The molecule has 1 fully saturated rings. The van der Waals surface area contributed by atoms with Gasteiger partial charge in [-0.1, -0.05) is 24.1 Å². The molecule has 0 aliphatic carbocycles. The van der Waals surface area contributed by atoms with Gasteiger partial charge in [0.05, 0.1) is 17.3 Å². The van der Waals surface area contributed by atoms with Crippen LogP contribution in [0.1, 0.15) is 30.4 Å². The van der Waals surface area contributed by atoms with Gasteiger partial charge in [0.25, 0.3) is 0 Å². The van der Waals surface area contributed by atoms with Crippen molar-refractivity contribution in [1.82, 2.24) is 4.90 Å². The van der Waals surface area contributed by atoms with Crippen LogP contribution in [-0.2, 0) is 9.59 Å². The third-order valence-corrected chi connectivity index (χ3v) is 4.24. The molecule has 1 aromatic rings. The number of hydrogen-bond acceptors (Lipinski definition) is 3. The number of hydrogen-bond donors (Lipinski definition) is 2. The van der Waals surface area contributed by atoms with E-state index < -0.39 is 12.0 Å². The average molecular weight is 361 g/mol. The van der Waals surface area contributed by atoms with Gasteiger partial charge in [0.2, 0.25) is 5.91 Å². The molecule has 1 aliphatic heterocycles. The highest BCUT2D eigenvalue weighted by molar-refractivity contribution is 6.34. The van der Waals surface area contributed by atoms with Crippen molar-refractivity contribution in [1.29, 1.82) is 0 Å². The second kappa shape index (κ2) is 8.52. The van der Waals surface area contributed by atoms with Crippen molar-refractivity contribution in [2.75, 3.05) is 18.4 Å². The number of aliphatic carboxylic acids is 1. The van der Waals surface area contributed by atoms with Gasteiger partial charge >= 0.3 is 5.97 Å². The minimum absolute atomic E-state index is 0. The summed E-state index contributed by atoms with van der Waals surface area (Å²) in [4.78, 5) is 25.2. The van der Waals surface area contributed by atoms with Crippen molar-refractivity contribution in [3.8, 4) is 0 Å². The molecule has 0 spiro atoms. The molecule has 1 amide bonds. The topological polar surface area (TPSA) is 69.6 Å². The van der Waals surface area contributed by atoms with Gasteiger partial charge < -0.3 is 10.4 Å². The number of amides is 1. The second-order valence-corrected chi connectivity index (χ2v) is 6.21. The van der Waals surface area contributed by atoms with E-state index in [1.165, 1.54) is 0 Å². The molecule has 23 heavy (non-hydrogen) atoms. The van der Waals surface area contributed by atoms with E-state index in [0.717, 1.165) is 24.0 Å². The monoisotopic (exact) mass is 360 g/mol. The smallest absolute Gasteiger partial charge is 0.320 e. The summed E-state index contributed by atoms with van der Waals surface area (Å²) in [5.74, 6) is -1.10. The van der Waals surface area contributed by atoms with E-state index >= 15 is 0 Å². The van der Waals surface area contributed by atoms with Crippen LogP contribution in [0.4, 0.5) is 5.69 Å². The van der Waals surface area contributed by atoms with E-state index in [2.05, 4.69) is 5.32 Å². The number of nitrogens with zero attached hydrogens (tertiary/aromatic N) is 1. The molecule has 2 N–H and O–H groups in total. The third kappa shape index (κ3) is 5.09. The summed E-state index contributed by atoms with van der Waals surface area (Å²) >= 11 is 6.18. The van der Waals surface area contributed by atoms with Gasteiger partial charge in [-0.3, -0.25) is 14.5 Å². The molecule has 0 radical (unpaired) electrons. The molecule has 1 aromatic carbocycles. The number of aryl methyl sites for hydroxylation is 2. The number of rotatable bonds is 4. The molecule has 7 heteroatoms. The molecule has 1 saturated heterocycles. The molecular formula is C16H22Cl2N2O3. The zero-order valence-electron chi connectivity index (χ0n) is 13.3. The third-order valence-electron chi connectivity index (χ3n) is 3.94. The lowest BCUT2D eigenvalue weighted by Crippen LogP contribution is -2.47. The van der Waals surface area contributed by atoms with E-state index in [9.17, 15) is 14.7 Å². The molecule has 128 valence electrons. The largest absolute Gasteiger partial charge is 0.480 e. The van der Waals surface area contributed by atoms with Crippen LogP contribution in [0.15, 0.2) is 12.1 Å². The Kier molecular flexibility index (Phi) is 7.32. The first kappa shape index (κ1) is 19.7. The van der Waals surface area contributed by atoms with Crippen LogP contribution in [0.25, 0.3) is 0 Å². The summed E-state index contributed by atoms with van der Waals surface area (Å²) < 4.78 is 0. The zero-order valence-corrected chi connectivity index (χ0v) is 14.8. The fraction of sp³-hybridized carbons (Fsp3) is 0.500. The van der Waals surface area contributed by atoms with Gasteiger partial charge in [-0.15, -0.1) is 12.4 Å². The molecule has 1 atom stereocenters. The lowest BCUT2D eigenvalue weighted by molar-refractivity contribution is -0.145. The molecule has 1 unspecified atom stereocenters. The average Bonchev–Trinajstić information content (AvgIpc) is 2.43. The Morgan fingerprint density at radius 3 is 2.65 bits per heavy atom. The molecule has 0 saturated carbocycles. The van der Waals surface area contributed by atoms with Crippen LogP contribution < -0.4 is 5.32 Å². The molecule has 0 aromatic heterocycles. The Morgan fingerprint density at radius 2 is 2.04 bits per heavy atom. The first-order chi connectivity index (χ1) is 10.4. The van der Waals surface area contributed by atoms with Crippen LogP contribution >= 0.6 is 24.0 Å². The van der Waals surface area contributed by atoms with E-state index in [0.29, 0.717) is 23.7 Å². The quantitative estimate of drug-likeness (QED) is 0.864. The van der Waals surface area contributed by atoms with Crippen LogP contribution in [-0.4, -0.2) is 41.0 Å². The van der Waals surface area contributed by atoms with E-state index in [4.69, 9.17) is 11.6 Å². The summed E-state index contributed by atoms with van der Waals surface area (Å²) in [6.07, 6.45) is 2.40. The van der Waals surface area contributed by atoms with Crippen LogP contribution in [0.3, 0.4) is 0 Å². The normalized spacial score (nSPS) is 18.1. The maximum atomic E-state index is 12.2. The standard InChI is InChI=1S/C16H21ClN2O3.ClH/c1-10-7-11(2)15(12(17)8-10)18-14(20)9-19-6-4-3-5-13(19)16(21)22;/h7-8,13H,3-6,9H2,1-2H3,(H,18,20)(H,21,22);1H. The number of piperidine rings is 1. The summed E-state index contributed by atoms with van der Waals surface area (Å²) in [6.45, 7) is 4.52. The lowest BCUT2D eigenvalue weighted by Gasteiger charge is -2.32. The summed E-state index contributed by atoms with van der Waals surface area (Å²) in [6, 6.07) is 3.17. The summed E-state index contributed by atoms with van der Waals surface area (Å²) in [5.41, 5.74) is 2.52. The van der Waals surface area contributed by atoms with Crippen molar-refractivity contribution >= 4 is 41.6 Å². The predicted molar refractivity (Wildman–Crippen MR) is 93.7 cm³/mol. The molecule has 5 nitrogen and oxygen atoms in total. The Hall–Kier alpha value is -1.30. The van der Waals surface area contributed by atoms with Gasteiger partial charge in [-0.25, -0.2) is 0 Å². The highest BCUT2D eigenvalue weighted by Crippen LogP contribution is 2.27. The van der Waals surface area contributed by atoms with E-state index in [1.807, 2.05) is 19.9 Å². The fourth-order valence-electron chi connectivity index (χ4n) is 2.90. The SMILES string of the molecule is Cc1cc(C)c(NC(=O)CN2CCCCC2C(=O)O)c(Cl)c1.Cl.